The van der Waals surface area contributed by atoms with E-state index in [0.717, 1.165) is 42.4 Å². The van der Waals surface area contributed by atoms with Gasteiger partial charge in [0.15, 0.2) is 0 Å². The second-order valence-corrected chi connectivity index (χ2v) is 6.86. The number of benzene rings is 2. The first-order valence-corrected chi connectivity index (χ1v) is 9.17. The number of carbonyl (C=O) groups excluding carboxylic acids is 2. The molecule has 1 aliphatic heterocycles. The highest BCUT2D eigenvalue weighted by molar-refractivity contribution is 5.95. The van der Waals surface area contributed by atoms with Gasteiger partial charge in [-0.1, -0.05) is 12.1 Å². The van der Waals surface area contributed by atoms with Crippen LogP contribution in [0.3, 0.4) is 0 Å². The number of likely N-dealkylation sites (N-methyl/N-ethyl adjacent to an activating group) is 1. The van der Waals surface area contributed by atoms with Crippen LogP contribution in [-0.4, -0.2) is 30.3 Å². The molecule has 1 unspecified atom stereocenters. The first-order chi connectivity index (χ1) is 13.4. The van der Waals surface area contributed by atoms with Gasteiger partial charge >= 0.3 is 0 Å². The SMILES string of the molecule is CC(c1cc(F)ccc1F)N(C)C(=O)/C=C/c1ccc(N2CCCC2=O)cc1. The van der Waals surface area contributed by atoms with Crippen molar-refractivity contribution < 1.29 is 18.4 Å². The molecule has 0 bridgehead atoms. The summed E-state index contributed by atoms with van der Waals surface area (Å²) in [5.74, 6) is -1.30. The molecular weight excluding hydrogens is 362 g/mol. The molecule has 4 nitrogen and oxygen atoms in total. The molecule has 1 heterocycles. The normalized spacial score (nSPS) is 15.3. The van der Waals surface area contributed by atoms with E-state index in [0.29, 0.717) is 6.42 Å². The molecule has 3 rings (SSSR count). The predicted molar refractivity (Wildman–Crippen MR) is 105 cm³/mol. The van der Waals surface area contributed by atoms with E-state index in [-0.39, 0.29) is 17.4 Å². The molecule has 146 valence electrons. The van der Waals surface area contributed by atoms with E-state index >= 15 is 0 Å². The fourth-order valence-corrected chi connectivity index (χ4v) is 3.21. The van der Waals surface area contributed by atoms with Gasteiger partial charge in [0.2, 0.25) is 11.8 Å². The molecule has 2 aromatic rings. The average Bonchev–Trinajstić information content (AvgIpc) is 3.13. The maximum Gasteiger partial charge on any atom is 0.246 e. The van der Waals surface area contributed by atoms with Crippen LogP contribution in [0.5, 0.6) is 0 Å². The van der Waals surface area contributed by atoms with Crippen molar-refractivity contribution in [2.24, 2.45) is 0 Å². The molecule has 28 heavy (non-hydrogen) atoms. The average molecular weight is 384 g/mol. The van der Waals surface area contributed by atoms with Crippen LogP contribution in [0.15, 0.2) is 48.5 Å². The van der Waals surface area contributed by atoms with Crippen molar-refractivity contribution in [3.8, 4) is 0 Å². The Morgan fingerprint density at radius 2 is 1.89 bits per heavy atom. The molecule has 0 aromatic heterocycles. The Bertz CT molecular complexity index is 909. The van der Waals surface area contributed by atoms with E-state index in [4.69, 9.17) is 0 Å². The van der Waals surface area contributed by atoms with Crippen LogP contribution in [0.25, 0.3) is 6.08 Å². The summed E-state index contributed by atoms with van der Waals surface area (Å²) in [5, 5.41) is 0. The Hall–Kier alpha value is -3.02. The number of hydrogen-bond donors (Lipinski definition) is 0. The van der Waals surface area contributed by atoms with Gasteiger partial charge in [-0.05, 0) is 55.3 Å². The zero-order chi connectivity index (χ0) is 20.3. The van der Waals surface area contributed by atoms with Crippen molar-refractivity contribution in [1.82, 2.24) is 4.90 Å². The lowest BCUT2D eigenvalue weighted by molar-refractivity contribution is -0.126. The zero-order valence-corrected chi connectivity index (χ0v) is 15.9. The van der Waals surface area contributed by atoms with Gasteiger partial charge < -0.3 is 9.80 Å². The molecule has 0 saturated carbocycles. The summed E-state index contributed by atoms with van der Waals surface area (Å²) in [5.41, 5.74) is 1.78. The molecule has 2 aromatic carbocycles. The third-order valence-electron chi connectivity index (χ3n) is 5.03. The summed E-state index contributed by atoms with van der Waals surface area (Å²) in [6.45, 7) is 2.37. The topological polar surface area (TPSA) is 40.6 Å². The number of amides is 2. The summed E-state index contributed by atoms with van der Waals surface area (Å²) in [6.07, 6.45) is 4.49. The Kier molecular flexibility index (Phi) is 5.87. The number of halogens is 2. The van der Waals surface area contributed by atoms with Crippen LogP contribution in [-0.2, 0) is 9.59 Å². The maximum atomic E-state index is 13.9. The fourth-order valence-electron chi connectivity index (χ4n) is 3.21. The summed E-state index contributed by atoms with van der Waals surface area (Å²) >= 11 is 0. The Labute approximate surface area is 163 Å². The molecule has 0 N–H and O–H groups in total. The molecule has 0 aliphatic carbocycles. The van der Waals surface area contributed by atoms with Crippen molar-refractivity contribution in [1.29, 1.82) is 0 Å². The van der Waals surface area contributed by atoms with Crippen molar-refractivity contribution in [3.63, 3.8) is 0 Å². The summed E-state index contributed by atoms with van der Waals surface area (Å²) in [6, 6.07) is 9.96. The molecule has 1 aliphatic rings. The second-order valence-electron chi connectivity index (χ2n) is 6.86. The maximum absolute atomic E-state index is 13.9. The highest BCUT2D eigenvalue weighted by Crippen LogP contribution is 2.24. The molecule has 1 fully saturated rings. The summed E-state index contributed by atoms with van der Waals surface area (Å²) in [7, 11) is 1.55. The minimum Gasteiger partial charge on any atom is -0.335 e. The van der Waals surface area contributed by atoms with Crippen molar-refractivity contribution in [3.05, 3.63) is 71.3 Å². The van der Waals surface area contributed by atoms with E-state index in [9.17, 15) is 18.4 Å². The van der Waals surface area contributed by atoms with Gasteiger partial charge in [-0.15, -0.1) is 0 Å². The molecule has 6 heteroatoms. The van der Waals surface area contributed by atoms with Crippen LogP contribution < -0.4 is 4.90 Å². The van der Waals surface area contributed by atoms with Gasteiger partial charge in [-0.3, -0.25) is 9.59 Å². The van der Waals surface area contributed by atoms with Gasteiger partial charge in [0.05, 0.1) is 6.04 Å². The number of rotatable bonds is 5. The minimum atomic E-state index is -0.614. The lowest BCUT2D eigenvalue weighted by atomic mass is 10.1. The van der Waals surface area contributed by atoms with Crippen molar-refractivity contribution in [2.75, 3.05) is 18.5 Å². The lowest BCUT2D eigenvalue weighted by Gasteiger charge is -2.24. The van der Waals surface area contributed by atoms with Crippen LogP contribution in [0.1, 0.15) is 36.9 Å². The largest absolute Gasteiger partial charge is 0.335 e. The van der Waals surface area contributed by atoms with Crippen molar-refractivity contribution >= 4 is 23.6 Å². The van der Waals surface area contributed by atoms with E-state index < -0.39 is 17.7 Å². The number of hydrogen-bond acceptors (Lipinski definition) is 2. The monoisotopic (exact) mass is 384 g/mol. The van der Waals surface area contributed by atoms with Crippen LogP contribution in [0.2, 0.25) is 0 Å². The van der Waals surface area contributed by atoms with E-state index in [1.54, 1.807) is 24.9 Å². The molecule has 0 spiro atoms. The van der Waals surface area contributed by atoms with E-state index in [2.05, 4.69) is 0 Å². The highest BCUT2D eigenvalue weighted by Gasteiger charge is 2.21. The van der Waals surface area contributed by atoms with Crippen LogP contribution >= 0.6 is 0 Å². The van der Waals surface area contributed by atoms with Gasteiger partial charge in [-0.25, -0.2) is 8.78 Å². The number of nitrogens with zero attached hydrogens (tertiary/aromatic N) is 2. The standard InChI is InChI=1S/C22H22F2N2O2/c1-15(19-14-17(23)8-11-20(19)24)25(2)21(27)12-7-16-5-9-18(10-6-16)26-13-3-4-22(26)28/h5-12,14-15H,3-4,13H2,1-2H3/b12-7+. The molecular formula is C22H22F2N2O2. The van der Waals surface area contributed by atoms with Gasteiger partial charge in [0.1, 0.15) is 11.6 Å². The summed E-state index contributed by atoms with van der Waals surface area (Å²) in [4.78, 5) is 27.3. The first kappa shape index (κ1) is 19.7. The lowest BCUT2D eigenvalue weighted by Crippen LogP contribution is -2.28. The van der Waals surface area contributed by atoms with Gasteiger partial charge in [0.25, 0.3) is 0 Å². The minimum absolute atomic E-state index is 0.124. The third-order valence-corrected chi connectivity index (χ3v) is 5.03. The Morgan fingerprint density at radius 3 is 2.54 bits per heavy atom. The number of anilines is 1. The van der Waals surface area contributed by atoms with Crippen molar-refractivity contribution in [2.45, 2.75) is 25.8 Å². The van der Waals surface area contributed by atoms with Crippen LogP contribution in [0.4, 0.5) is 14.5 Å². The smallest absolute Gasteiger partial charge is 0.246 e. The van der Waals surface area contributed by atoms with E-state index in [1.807, 2.05) is 24.3 Å². The third kappa shape index (κ3) is 4.27. The first-order valence-electron chi connectivity index (χ1n) is 9.17. The fraction of sp³-hybridized carbons (Fsp3) is 0.273. The summed E-state index contributed by atoms with van der Waals surface area (Å²) < 4.78 is 27.3. The Morgan fingerprint density at radius 1 is 1.18 bits per heavy atom. The highest BCUT2D eigenvalue weighted by atomic mass is 19.1. The number of carbonyl (C=O) groups is 2. The molecule has 0 radical (unpaired) electrons. The molecule has 1 atom stereocenters. The molecule has 2 amide bonds. The quantitative estimate of drug-likeness (QED) is 0.720. The zero-order valence-electron chi connectivity index (χ0n) is 15.9. The Balaban J connectivity index is 1.67. The second kappa shape index (κ2) is 8.33. The molecule has 1 saturated heterocycles. The van der Waals surface area contributed by atoms with E-state index in [1.165, 1.54) is 11.0 Å². The predicted octanol–water partition coefficient (Wildman–Crippen LogP) is 4.32. The van der Waals surface area contributed by atoms with Gasteiger partial charge in [-0.2, -0.15) is 0 Å². The van der Waals surface area contributed by atoms with Gasteiger partial charge in [0, 0.05) is 37.3 Å². The van der Waals surface area contributed by atoms with Crippen LogP contribution in [0, 0.1) is 11.6 Å².